The quantitative estimate of drug-likeness (QED) is 0.766. The Bertz CT molecular complexity index is 857. The van der Waals surface area contributed by atoms with Crippen molar-refractivity contribution < 1.29 is 8.78 Å². The van der Waals surface area contributed by atoms with E-state index < -0.39 is 11.6 Å². The normalized spacial score (nSPS) is 14.3. The zero-order valence-electron chi connectivity index (χ0n) is 11.8. The molecule has 4 rings (SSSR count). The molecule has 2 heterocycles. The third-order valence-corrected chi connectivity index (χ3v) is 4.96. The lowest BCUT2D eigenvalue weighted by Gasteiger charge is -2.07. The highest BCUT2D eigenvalue weighted by Crippen LogP contribution is 2.33. The Morgan fingerprint density at radius 1 is 1.09 bits per heavy atom. The predicted octanol–water partition coefficient (Wildman–Crippen LogP) is 4.12. The van der Waals surface area contributed by atoms with Crippen molar-refractivity contribution in [1.82, 2.24) is 9.29 Å². The molecular formula is C17H14F2N2S. The van der Waals surface area contributed by atoms with E-state index in [1.807, 2.05) is 16.1 Å². The van der Waals surface area contributed by atoms with E-state index in [1.54, 1.807) is 0 Å². The van der Waals surface area contributed by atoms with E-state index in [0.29, 0.717) is 4.90 Å². The van der Waals surface area contributed by atoms with Gasteiger partial charge in [-0.3, -0.25) is 3.97 Å². The van der Waals surface area contributed by atoms with Crippen LogP contribution >= 0.6 is 11.9 Å². The Hall–Kier alpha value is -1.85. The van der Waals surface area contributed by atoms with Crippen LogP contribution in [0.25, 0.3) is 10.9 Å². The van der Waals surface area contributed by atoms with Crippen LogP contribution in [0.5, 0.6) is 0 Å². The number of hydrogen-bond donors (Lipinski definition) is 1. The van der Waals surface area contributed by atoms with Crippen molar-refractivity contribution in [3.05, 3.63) is 65.4 Å². The largest absolute Gasteiger partial charge is 0.312 e. The van der Waals surface area contributed by atoms with Gasteiger partial charge in [-0.25, -0.2) is 8.78 Å². The number of halogens is 2. The van der Waals surface area contributed by atoms with Crippen LogP contribution in [0.3, 0.4) is 0 Å². The monoisotopic (exact) mass is 316 g/mol. The molecule has 3 aromatic rings. The first kappa shape index (κ1) is 13.8. The van der Waals surface area contributed by atoms with Crippen LogP contribution in [0.1, 0.15) is 11.1 Å². The minimum atomic E-state index is -0.553. The smallest absolute Gasteiger partial charge is 0.141 e. The average molecular weight is 316 g/mol. The van der Waals surface area contributed by atoms with Crippen molar-refractivity contribution >= 4 is 22.9 Å². The molecule has 1 N–H and O–H groups in total. The summed E-state index contributed by atoms with van der Waals surface area (Å²) in [7, 11) is 0. The molecule has 1 aliphatic rings. The SMILES string of the molecule is Fc1ccc(Sn2cc3c4c(cccc42)CNCC3)c(F)c1. The number of benzene rings is 2. The maximum Gasteiger partial charge on any atom is 0.141 e. The molecule has 0 fully saturated rings. The Morgan fingerprint density at radius 2 is 2.00 bits per heavy atom. The molecule has 2 nitrogen and oxygen atoms in total. The van der Waals surface area contributed by atoms with Gasteiger partial charge < -0.3 is 5.32 Å². The summed E-state index contributed by atoms with van der Waals surface area (Å²) in [6.45, 7) is 1.79. The summed E-state index contributed by atoms with van der Waals surface area (Å²) in [5.41, 5.74) is 3.61. The van der Waals surface area contributed by atoms with E-state index in [0.717, 1.165) is 31.1 Å². The number of hydrogen-bond acceptors (Lipinski definition) is 2. The van der Waals surface area contributed by atoms with Gasteiger partial charge in [0.1, 0.15) is 11.6 Å². The molecule has 0 saturated heterocycles. The van der Waals surface area contributed by atoms with E-state index in [9.17, 15) is 8.78 Å². The number of aromatic nitrogens is 1. The average Bonchev–Trinajstić information content (AvgIpc) is 2.71. The van der Waals surface area contributed by atoms with Crippen molar-refractivity contribution in [3.8, 4) is 0 Å². The van der Waals surface area contributed by atoms with Gasteiger partial charge in [-0.1, -0.05) is 12.1 Å². The summed E-state index contributed by atoms with van der Waals surface area (Å²) in [6.07, 6.45) is 3.02. The van der Waals surface area contributed by atoms with E-state index >= 15 is 0 Å². The van der Waals surface area contributed by atoms with Crippen LogP contribution < -0.4 is 5.32 Å². The molecule has 0 bridgehead atoms. The summed E-state index contributed by atoms with van der Waals surface area (Å²) >= 11 is 1.29. The predicted molar refractivity (Wildman–Crippen MR) is 85.0 cm³/mol. The molecule has 0 spiro atoms. The maximum atomic E-state index is 13.9. The van der Waals surface area contributed by atoms with Crippen LogP contribution in [0, 0.1) is 11.6 Å². The summed E-state index contributed by atoms with van der Waals surface area (Å²) < 4.78 is 28.9. The second-order valence-electron chi connectivity index (χ2n) is 5.38. The van der Waals surface area contributed by atoms with Gasteiger partial charge >= 0.3 is 0 Å². The van der Waals surface area contributed by atoms with Gasteiger partial charge in [0.15, 0.2) is 0 Å². The van der Waals surface area contributed by atoms with Crippen LogP contribution in [-0.2, 0) is 13.0 Å². The molecule has 1 aromatic heterocycles. The van der Waals surface area contributed by atoms with E-state index in [2.05, 4.69) is 17.6 Å². The molecule has 0 radical (unpaired) electrons. The van der Waals surface area contributed by atoms with Gasteiger partial charge in [-0.15, -0.1) is 0 Å². The second-order valence-corrected chi connectivity index (χ2v) is 6.40. The first-order valence-electron chi connectivity index (χ1n) is 7.18. The molecule has 112 valence electrons. The minimum absolute atomic E-state index is 0.422. The zero-order valence-corrected chi connectivity index (χ0v) is 12.6. The summed E-state index contributed by atoms with van der Waals surface area (Å²) in [5, 5.41) is 4.66. The molecule has 5 heteroatoms. The van der Waals surface area contributed by atoms with E-state index in [-0.39, 0.29) is 0 Å². The topological polar surface area (TPSA) is 17.0 Å². The van der Waals surface area contributed by atoms with Crippen molar-refractivity contribution in [2.24, 2.45) is 0 Å². The molecular weight excluding hydrogens is 302 g/mol. The number of rotatable bonds is 2. The summed E-state index contributed by atoms with van der Waals surface area (Å²) in [5.74, 6) is -1.08. The summed E-state index contributed by atoms with van der Waals surface area (Å²) in [4.78, 5) is 0.422. The van der Waals surface area contributed by atoms with Gasteiger partial charge in [0.05, 0.1) is 10.4 Å². The molecule has 0 aliphatic carbocycles. The van der Waals surface area contributed by atoms with Crippen molar-refractivity contribution in [2.45, 2.75) is 17.9 Å². The van der Waals surface area contributed by atoms with Gasteiger partial charge in [-0.05, 0) is 54.2 Å². The fraction of sp³-hybridized carbons (Fsp3) is 0.176. The van der Waals surface area contributed by atoms with E-state index in [1.165, 1.54) is 40.6 Å². The molecule has 2 aromatic carbocycles. The van der Waals surface area contributed by atoms with Crippen LogP contribution in [0.4, 0.5) is 8.78 Å². The van der Waals surface area contributed by atoms with Crippen LogP contribution in [0.2, 0.25) is 0 Å². The zero-order chi connectivity index (χ0) is 15.1. The van der Waals surface area contributed by atoms with E-state index in [4.69, 9.17) is 0 Å². The van der Waals surface area contributed by atoms with Crippen LogP contribution in [0.15, 0.2) is 47.5 Å². The maximum absolute atomic E-state index is 13.9. The Morgan fingerprint density at radius 3 is 2.86 bits per heavy atom. The Labute approximate surface area is 131 Å². The molecule has 0 saturated carbocycles. The highest BCUT2D eigenvalue weighted by Gasteiger charge is 2.16. The Kier molecular flexibility index (Phi) is 3.39. The van der Waals surface area contributed by atoms with Crippen molar-refractivity contribution in [3.63, 3.8) is 0 Å². The first-order valence-corrected chi connectivity index (χ1v) is 7.95. The van der Waals surface area contributed by atoms with Crippen LogP contribution in [-0.4, -0.2) is 10.5 Å². The number of nitrogens with zero attached hydrogens (tertiary/aromatic N) is 1. The fourth-order valence-electron chi connectivity index (χ4n) is 2.93. The molecule has 0 atom stereocenters. The second kappa shape index (κ2) is 5.41. The van der Waals surface area contributed by atoms with Gasteiger partial charge in [0, 0.05) is 24.2 Å². The lowest BCUT2D eigenvalue weighted by atomic mass is 10.1. The first-order chi connectivity index (χ1) is 10.7. The highest BCUT2D eigenvalue weighted by atomic mass is 32.2. The van der Waals surface area contributed by atoms with Gasteiger partial charge in [0.25, 0.3) is 0 Å². The molecule has 1 aliphatic heterocycles. The highest BCUT2D eigenvalue weighted by molar-refractivity contribution is 7.98. The lowest BCUT2D eigenvalue weighted by Crippen LogP contribution is -2.13. The molecule has 22 heavy (non-hydrogen) atoms. The van der Waals surface area contributed by atoms with Crippen molar-refractivity contribution in [1.29, 1.82) is 0 Å². The van der Waals surface area contributed by atoms with Crippen molar-refractivity contribution in [2.75, 3.05) is 6.54 Å². The third-order valence-electron chi connectivity index (χ3n) is 3.94. The lowest BCUT2D eigenvalue weighted by molar-refractivity contribution is 0.565. The fourth-order valence-corrected chi connectivity index (χ4v) is 3.85. The molecule has 0 amide bonds. The number of nitrogens with one attached hydrogen (secondary N) is 1. The summed E-state index contributed by atoms with van der Waals surface area (Å²) in [6, 6.07) is 9.88. The van der Waals surface area contributed by atoms with Gasteiger partial charge in [-0.2, -0.15) is 0 Å². The van der Waals surface area contributed by atoms with Gasteiger partial charge in [0.2, 0.25) is 0 Å². The minimum Gasteiger partial charge on any atom is -0.312 e. The standard InChI is InChI=1S/C17H14F2N2S/c18-13-4-5-16(14(19)8-13)22-21-10-12-6-7-20-9-11-2-1-3-15(21)17(11)12/h1-5,8,10,20H,6-7,9H2. The third kappa shape index (κ3) is 2.30. The molecule has 0 unspecified atom stereocenters. The Balaban J connectivity index is 1.82.